The van der Waals surface area contributed by atoms with Crippen molar-refractivity contribution in [2.75, 3.05) is 34.9 Å². The van der Waals surface area contributed by atoms with Crippen LogP contribution in [0, 0.1) is 0 Å². The van der Waals surface area contributed by atoms with Crippen molar-refractivity contribution < 1.29 is 22.7 Å². The molecule has 0 saturated carbocycles. The van der Waals surface area contributed by atoms with E-state index in [0.29, 0.717) is 28.5 Å². The zero-order chi connectivity index (χ0) is 29.0. The van der Waals surface area contributed by atoms with E-state index in [-0.39, 0.29) is 35.1 Å². The van der Waals surface area contributed by atoms with E-state index in [1.165, 1.54) is 13.0 Å². The predicted molar refractivity (Wildman–Crippen MR) is 155 cm³/mol. The highest BCUT2D eigenvalue weighted by atomic mass is 32.2. The normalized spacial score (nSPS) is 18.2. The van der Waals surface area contributed by atoms with Gasteiger partial charge >= 0.3 is 0 Å². The van der Waals surface area contributed by atoms with Crippen LogP contribution in [0.1, 0.15) is 41.0 Å². The summed E-state index contributed by atoms with van der Waals surface area (Å²) >= 11 is 0. The molecule has 1 fully saturated rings. The molecule has 0 aliphatic carbocycles. The Hall–Kier alpha value is -3.77. The van der Waals surface area contributed by atoms with Crippen molar-refractivity contribution in [1.82, 2.24) is 15.0 Å². The first-order chi connectivity index (χ1) is 18.9. The molecule has 0 radical (unpaired) electrons. The number of aromatic nitrogens is 3. The van der Waals surface area contributed by atoms with Crippen molar-refractivity contribution in [1.29, 1.82) is 0 Å². The Labute approximate surface area is 235 Å². The second kappa shape index (κ2) is 12.2. The van der Waals surface area contributed by atoms with Gasteiger partial charge in [-0.05, 0) is 39.3 Å². The SMILES string of the molecule is CC[C@@H](C)Oc1cc(Nc2cc(NC(C)=O)ncc2-c2ccc(N3C[C@@H](C)O[C@@H](C)C3)cn2)nc(S(C)(=O)=O)c1. The minimum Gasteiger partial charge on any atom is -0.490 e. The summed E-state index contributed by atoms with van der Waals surface area (Å²) in [5.41, 5.74) is 2.79. The summed E-state index contributed by atoms with van der Waals surface area (Å²) < 4.78 is 36.5. The van der Waals surface area contributed by atoms with Crippen LogP contribution >= 0.6 is 0 Å². The van der Waals surface area contributed by atoms with E-state index >= 15 is 0 Å². The predicted octanol–water partition coefficient (Wildman–Crippen LogP) is 4.44. The van der Waals surface area contributed by atoms with Gasteiger partial charge in [0.25, 0.3) is 0 Å². The zero-order valence-electron chi connectivity index (χ0n) is 23.6. The summed E-state index contributed by atoms with van der Waals surface area (Å²) in [6, 6.07) is 8.61. The third-order valence-electron chi connectivity index (χ3n) is 6.35. The van der Waals surface area contributed by atoms with Gasteiger partial charge in [0.05, 0.1) is 41.6 Å². The number of ether oxygens (including phenoxy) is 2. The smallest absolute Gasteiger partial charge is 0.222 e. The second-order valence-electron chi connectivity index (χ2n) is 10.1. The lowest BCUT2D eigenvalue weighted by Gasteiger charge is -2.36. The van der Waals surface area contributed by atoms with Crippen molar-refractivity contribution in [3.63, 3.8) is 0 Å². The molecule has 3 aromatic heterocycles. The molecule has 3 atom stereocenters. The van der Waals surface area contributed by atoms with Gasteiger partial charge < -0.3 is 25.0 Å². The lowest BCUT2D eigenvalue weighted by atomic mass is 10.1. The maximum Gasteiger partial charge on any atom is 0.222 e. The second-order valence-corrected chi connectivity index (χ2v) is 12.1. The van der Waals surface area contributed by atoms with Gasteiger partial charge in [-0.3, -0.25) is 9.78 Å². The molecule has 4 heterocycles. The molecule has 0 bridgehead atoms. The number of pyridine rings is 3. The standard InChI is InChI=1S/C28H36N6O5S/c1-7-17(2)39-22-10-27(33-28(11-22)40(6,36)37)32-25-12-26(31-20(5)35)30-14-23(25)24-9-8-21(13-29-24)34-15-18(3)38-19(4)16-34/h8-14,17-19H,7,15-16H2,1-6H3,(H2,30,31,32,33,35)/t17-,18-,19+/m1/s1. The monoisotopic (exact) mass is 568 g/mol. The highest BCUT2D eigenvalue weighted by Gasteiger charge is 2.23. The number of sulfone groups is 1. The van der Waals surface area contributed by atoms with E-state index in [1.807, 2.05) is 32.2 Å². The van der Waals surface area contributed by atoms with Gasteiger partial charge in [0, 0.05) is 56.2 Å². The van der Waals surface area contributed by atoms with Crippen LogP contribution in [-0.4, -0.2) is 66.9 Å². The molecule has 0 unspecified atom stereocenters. The van der Waals surface area contributed by atoms with Crippen LogP contribution in [0.4, 0.5) is 23.0 Å². The Balaban J connectivity index is 1.72. The molecular formula is C28H36N6O5S. The molecular weight excluding hydrogens is 532 g/mol. The number of carbonyl (C=O) groups excluding carboxylic acids is 1. The van der Waals surface area contributed by atoms with Crippen molar-refractivity contribution in [2.24, 2.45) is 0 Å². The summed E-state index contributed by atoms with van der Waals surface area (Å²) in [4.78, 5) is 27.3. The quantitative estimate of drug-likeness (QED) is 0.381. The van der Waals surface area contributed by atoms with E-state index < -0.39 is 9.84 Å². The Morgan fingerprint density at radius 1 is 1.12 bits per heavy atom. The highest BCUT2D eigenvalue weighted by Crippen LogP contribution is 2.33. The van der Waals surface area contributed by atoms with E-state index in [1.54, 1.807) is 18.3 Å². The fraction of sp³-hybridized carbons (Fsp3) is 0.429. The topological polar surface area (TPSA) is 136 Å². The highest BCUT2D eigenvalue weighted by molar-refractivity contribution is 7.90. The molecule has 3 aromatic rings. The van der Waals surface area contributed by atoms with Crippen LogP contribution in [0.25, 0.3) is 11.3 Å². The number of morpholine rings is 1. The van der Waals surface area contributed by atoms with Gasteiger partial charge in [-0.1, -0.05) is 6.92 Å². The average Bonchev–Trinajstić information content (AvgIpc) is 2.87. The number of amides is 1. The molecule has 2 N–H and O–H groups in total. The third kappa shape index (κ3) is 7.45. The molecule has 0 spiro atoms. The Bertz CT molecular complexity index is 1450. The van der Waals surface area contributed by atoms with Crippen LogP contribution in [0.3, 0.4) is 0 Å². The first-order valence-corrected chi connectivity index (χ1v) is 15.1. The molecule has 12 heteroatoms. The van der Waals surface area contributed by atoms with E-state index in [4.69, 9.17) is 14.5 Å². The van der Waals surface area contributed by atoms with E-state index in [9.17, 15) is 13.2 Å². The van der Waals surface area contributed by atoms with Crippen LogP contribution < -0.4 is 20.3 Å². The Morgan fingerprint density at radius 2 is 1.85 bits per heavy atom. The first kappa shape index (κ1) is 29.2. The molecule has 4 rings (SSSR count). The average molecular weight is 569 g/mol. The number of nitrogens with zero attached hydrogens (tertiary/aromatic N) is 4. The summed E-state index contributed by atoms with van der Waals surface area (Å²) in [6.45, 7) is 10.9. The van der Waals surface area contributed by atoms with Gasteiger partial charge in [-0.15, -0.1) is 0 Å². The van der Waals surface area contributed by atoms with Crippen LogP contribution in [0.15, 0.2) is 47.8 Å². The molecule has 40 heavy (non-hydrogen) atoms. The summed E-state index contributed by atoms with van der Waals surface area (Å²) in [5, 5.41) is 5.76. The van der Waals surface area contributed by atoms with Crippen LogP contribution in [-0.2, 0) is 19.4 Å². The van der Waals surface area contributed by atoms with Crippen molar-refractivity contribution >= 4 is 38.8 Å². The fourth-order valence-electron chi connectivity index (χ4n) is 4.39. The minimum absolute atomic E-state index is 0.120. The van der Waals surface area contributed by atoms with E-state index in [2.05, 4.69) is 39.3 Å². The van der Waals surface area contributed by atoms with Gasteiger partial charge in [0.15, 0.2) is 14.9 Å². The van der Waals surface area contributed by atoms with Crippen molar-refractivity contribution in [2.45, 2.75) is 64.4 Å². The van der Waals surface area contributed by atoms with Crippen molar-refractivity contribution in [3.8, 4) is 17.0 Å². The van der Waals surface area contributed by atoms with Crippen LogP contribution in [0.2, 0.25) is 0 Å². The fourth-order valence-corrected chi connectivity index (χ4v) is 4.98. The zero-order valence-corrected chi connectivity index (χ0v) is 24.4. The number of anilines is 4. The molecule has 1 aliphatic rings. The largest absolute Gasteiger partial charge is 0.490 e. The number of rotatable bonds is 9. The first-order valence-electron chi connectivity index (χ1n) is 13.2. The Morgan fingerprint density at radius 3 is 2.45 bits per heavy atom. The van der Waals surface area contributed by atoms with Gasteiger partial charge in [-0.2, -0.15) is 0 Å². The Kier molecular flexibility index (Phi) is 8.89. The minimum atomic E-state index is -3.62. The summed E-state index contributed by atoms with van der Waals surface area (Å²) in [5.74, 6) is 0.683. The number of nitrogens with one attached hydrogen (secondary N) is 2. The van der Waals surface area contributed by atoms with Gasteiger partial charge in [0.2, 0.25) is 5.91 Å². The summed E-state index contributed by atoms with van der Waals surface area (Å²) in [7, 11) is -3.62. The maximum atomic E-state index is 12.4. The lowest BCUT2D eigenvalue weighted by molar-refractivity contribution is -0.114. The molecule has 0 aromatic carbocycles. The molecule has 1 aliphatic heterocycles. The van der Waals surface area contributed by atoms with Crippen molar-refractivity contribution in [3.05, 3.63) is 42.7 Å². The third-order valence-corrected chi connectivity index (χ3v) is 7.32. The van der Waals surface area contributed by atoms with Gasteiger partial charge in [0.1, 0.15) is 17.4 Å². The molecule has 1 saturated heterocycles. The molecule has 11 nitrogen and oxygen atoms in total. The number of hydrogen-bond donors (Lipinski definition) is 2. The molecule has 1 amide bonds. The molecule has 214 valence electrons. The maximum absolute atomic E-state index is 12.4. The number of carbonyl (C=O) groups is 1. The van der Waals surface area contributed by atoms with E-state index in [0.717, 1.165) is 31.5 Å². The lowest BCUT2D eigenvalue weighted by Crippen LogP contribution is -2.45. The number of hydrogen-bond acceptors (Lipinski definition) is 10. The summed E-state index contributed by atoms with van der Waals surface area (Å²) in [6.07, 6.45) is 5.38. The van der Waals surface area contributed by atoms with Crippen LogP contribution in [0.5, 0.6) is 5.75 Å². The van der Waals surface area contributed by atoms with Gasteiger partial charge in [-0.25, -0.2) is 18.4 Å².